The van der Waals surface area contributed by atoms with Crippen molar-refractivity contribution in [2.24, 2.45) is 5.92 Å². The molecule has 1 fully saturated rings. The summed E-state index contributed by atoms with van der Waals surface area (Å²) in [7, 11) is 2.16. The van der Waals surface area contributed by atoms with E-state index in [0.29, 0.717) is 11.5 Å². The van der Waals surface area contributed by atoms with Gasteiger partial charge in [-0.15, -0.1) is 0 Å². The van der Waals surface area contributed by atoms with Gasteiger partial charge in [-0.25, -0.2) is 4.39 Å². The first-order chi connectivity index (χ1) is 8.15. The minimum Gasteiger partial charge on any atom is -0.385 e. The third-order valence-corrected chi connectivity index (χ3v) is 3.49. The van der Waals surface area contributed by atoms with Crippen LogP contribution in [0.25, 0.3) is 0 Å². The van der Waals surface area contributed by atoms with Crippen molar-refractivity contribution < 1.29 is 4.39 Å². The summed E-state index contributed by atoms with van der Waals surface area (Å²) in [6.07, 6.45) is 2.54. The standard InChI is InChI=1S/C14H21FN2/c1-11-5-6-13(8-14(11)15)16-9-12-4-3-7-17(2)10-12/h5-6,8,12,16H,3-4,7,9-10H2,1-2H3. The molecule has 1 atom stereocenters. The molecule has 0 bridgehead atoms. The molecule has 0 saturated carbocycles. The highest BCUT2D eigenvalue weighted by atomic mass is 19.1. The maximum Gasteiger partial charge on any atom is 0.128 e. The molecule has 2 nitrogen and oxygen atoms in total. The van der Waals surface area contributed by atoms with E-state index in [9.17, 15) is 4.39 Å². The van der Waals surface area contributed by atoms with E-state index in [1.54, 1.807) is 13.0 Å². The summed E-state index contributed by atoms with van der Waals surface area (Å²) in [6.45, 7) is 5.07. The van der Waals surface area contributed by atoms with E-state index in [-0.39, 0.29) is 5.82 Å². The van der Waals surface area contributed by atoms with Gasteiger partial charge in [0.25, 0.3) is 0 Å². The second-order valence-corrected chi connectivity index (χ2v) is 5.12. The Morgan fingerprint density at radius 1 is 1.47 bits per heavy atom. The molecule has 1 aliphatic heterocycles. The summed E-state index contributed by atoms with van der Waals surface area (Å²) in [5, 5.41) is 3.34. The quantitative estimate of drug-likeness (QED) is 0.868. The number of benzene rings is 1. The highest BCUT2D eigenvalue weighted by Crippen LogP contribution is 2.18. The number of hydrogen-bond donors (Lipinski definition) is 1. The van der Waals surface area contributed by atoms with Crippen molar-refractivity contribution in [1.82, 2.24) is 4.90 Å². The van der Waals surface area contributed by atoms with Gasteiger partial charge in [-0.2, -0.15) is 0 Å². The lowest BCUT2D eigenvalue weighted by molar-refractivity contribution is 0.217. The van der Waals surface area contributed by atoms with Crippen LogP contribution in [0.4, 0.5) is 10.1 Å². The van der Waals surface area contributed by atoms with Gasteiger partial charge in [0.2, 0.25) is 0 Å². The number of halogens is 1. The molecule has 17 heavy (non-hydrogen) atoms. The van der Waals surface area contributed by atoms with Crippen LogP contribution >= 0.6 is 0 Å². The van der Waals surface area contributed by atoms with E-state index in [0.717, 1.165) is 18.8 Å². The van der Waals surface area contributed by atoms with E-state index in [4.69, 9.17) is 0 Å². The number of anilines is 1. The summed E-state index contributed by atoms with van der Waals surface area (Å²) in [4.78, 5) is 2.37. The number of likely N-dealkylation sites (tertiary alicyclic amines) is 1. The topological polar surface area (TPSA) is 15.3 Å². The first kappa shape index (κ1) is 12.4. The minimum atomic E-state index is -0.129. The van der Waals surface area contributed by atoms with Crippen LogP contribution in [0.3, 0.4) is 0 Å². The Balaban J connectivity index is 1.86. The predicted octanol–water partition coefficient (Wildman–Crippen LogP) is 2.89. The molecule has 1 saturated heterocycles. The van der Waals surface area contributed by atoms with Crippen LogP contribution in [0.5, 0.6) is 0 Å². The highest BCUT2D eigenvalue weighted by Gasteiger charge is 2.16. The Morgan fingerprint density at radius 2 is 2.29 bits per heavy atom. The van der Waals surface area contributed by atoms with Crippen molar-refractivity contribution in [3.8, 4) is 0 Å². The van der Waals surface area contributed by atoms with Gasteiger partial charge in [-0.1, -0.05) is 6.07 Å². The molecule has 1 aliphatic rings. The predicted molar refractivity (Wildman–Crippen MR) is 69.8 cm³/mol. The van der Waals surface area contributed by atoms with Crippen molar-refractivity contribution in [3.63, 3.8) is 0 Å². The lowest BCUT2D eigenvalue weighted by atomic mass is 9.98. The maximum absolute atomic E-state index is 13.4. The Bertz CT molecular complexity index is 378. The van der Waals surface area contributed by atoms with Crippen molar-refractivity contribution in [1.29, 1.82) is 0 Å². The van der Waals surface area contributed by atoms with Crippen LogP contribution in [0, 0.1) is 18.7 Å². The van der Waals surface area contributed by atoms with E-state index in [1.165, 1.54) is 19.4 Å². The molecular weight excluding hydrogens is 215 g/mol. The SMILES string of the molecule is Cc1ccc(NCC2CCCN(C)C2)cc1F. The van der Waals surface area contributed by atoms with Gasteiger partial charge in [-0.05, 0) is 57.0 Å². The van der Waals surface area contributed by atoms with E-state index in [2.05, 4.69) is 17.3 Å². The largest absolute Gasteiger partial charge is 0.385 e. The first-order valence-corrected chi connectivity index (χ1v) is 6.33. The maximum atomic E-state index is 13.4. The number of piperidine rings is 1. The van der Waals surface area contributed by atoms with Crippen LogP contribution in [-0.4, -0.2) is 31.6 Å². The van der Waals surface area contributed by atoms with Crippen LogP contribution < -0.4 is 5.32 Å². The van der Waals surface area contributed by atoms with E-state index >= 15 is 0 Å². The number of nitrogens with one attached hydrogen (secondary N) is 1. The van der Waals surface area contributed by atoms with Crippen molar-refractivity contribution in [2.45, 2.75) is 19.8 Å². The molecule has 0 spiro atoms. The fourth-order valence-electron chi connectivity index (χ4n) is 2.40. The summed E-state index contributed by atoms with van der Waals surface area (Å²) in [5.41, 5.74) is 1.59. The van der Waals surface area contributed by atoms with Gasteiger partial charge in [0.05, 0.1) is 0 Å². The molecular formula is C14H21FN2. The molecule has 0 aromatic heterocycles. The Labute approximate surface area is 103 Å². The lowest BCUT2D eigenvalue weighted by Crippen LogP contribution is -2.35. The van der Waals surface area contributed by atoms with Gasteiger partial charge < -0.3 is 10.2 Å². The minimum absolute atomic E-state index is 0.129. The van der Waals surface area contributed by atoms with Gasteiger partial charge in [0, 0.05) is 18.8 Å². The molecule has 0 aliphatic carbocycles. The number of rotatable bonds is 3. The molecule has 2 rings (SSSR count). The summed E-state index contributed by atoms with van der Waals surface area (Å²) in [6, 6.07) is 5.36. The summed E-state index contributed by atoms with van der Waals surface area (Å²) < 4.78 is 13.4. The molecule has 1 aromatic carbocycles. The van der Waals surface area contributed by atoms with Crippen LogP contribution in [0.1, 0.15) is 18.4 Å². The zero-order chi connectivity index (χ0) is 12.3. The molecule has 1 heterocycles. The number of nitrogens with zero attached hydrogens (tertiary/aromatic N) is 1. The number of aryl methyl sites for hydroxylation is 1. The second kappa shape index (κ2) is 5.50. The van der Waals surface area contributed by atoms with Crippen molar-refractivity contribution in [3.05, 3.63) is 29.6 Å². The zero-order valence-electron chi connectivity index (χ0n) is 10.7. The second-order valence-electron chi connectivity index (χ2n) is 5.12. The van der Waals surface area contributed by atoms with Crippen molar-refractivity contribution >= 4 is 5.69 Å². The van der Waals surface area contributed by atoms with Crippen molar-refractivity contribution in [2.75, 3.05) is 32.0 Å². The fraction of sp³-hybridized carbons (Fsp3) is 0.571. The van der Waals surface area contributed by atoms with Gasteiger partial charge >= 0.3 is 0 Å². The zero-order valence-corrected chi connectivity index (χ0v) is 10.7. The van der Waals surface area contributed by atoms with Crippen LogP contribution in [0.15, 0.2) is 18.2 Å². The Hall–Kier alpha value is -1.09. The van der Waals surface area contributed by atoms with Crippen LogP contribution in [-0.2, 0) is 0 Å². The third-order valence-electron chi connectivity index (χ3n) is 3.49. The summed E-state index contributed by atoms with van der Waals surface area (Å²) >= 11 is 0. The lowest BCUT2D eigenvalue weighted by Gasteiger charge is -2.30. The molecule has 0 amide bonds. The summed E-state index contributed by atoms with van der Waals surface area (Å²) in [5.74, 6) is 0.550. The average molecular weight is 236 g/mol. The third kappa shape index (κ3) is 3.43. The molecule has 94 valence electrons. The van der Waals surface area contributed by atoms with Crippen LogP contribution in [0.2, 0.25) is 0 Å². The van der Waals surface area contributed by atoms with Gasteiger partial charge in [-0.3, -0.25) is 0 Å². The first-order valence-electron chi connectivity index (χ1n) is 6.33. The van der Waals surface area contributed by atoms with E-state index in [1.807, 2.05) is 12.1 Å². The Morgan fingerprint density at radius 3 is 3.00 bits per heavy atom. The molecule has 0 radical (unpaired) electrons. The monoisotopic (exact) mass is 236 g/mol. The average Bonchev–Trinajstić information content (AvgIpc) is 2.31. The molecule has 1 unspecified atom stereocenters. The van der Waals surface area contributed by atoms with E-state index < -0.39 is 0 Å². The molecule has 1 N–H and O–H groups in total. The number of hydrogen-bond acceptors (Lipinski definition) is 2. The Kier molecular flexibility index (Phi) is 4.00. The highest BCUT2D eigenvalue weighted by molar-refractivity contribution is 5.45. The molecule has 3 heteroatoms. The fourth-order valence-corrected chi connectivity index (χ4v) is 2.40. The normalized spacial score (nSPS) is 21.5. The smallest absolute Gasteiger partial charge is 0.128 e. The van der Waals surface area contributed by atoms with Gasteiger partial charge in [0.15, 0.2) is 0 Å². The molecule has 1 aromatic rings. The van der Waals surface area contributed by atoms with Gasteiger partial charge in [0.1, 0.15) is 5.82 Å².